The summed E-state index contributed by atoms with van der Waals surface area (Å²) in [4.78, 5) is 13.7. The number of halogens is 2. The van der Waals surface area contributed by atoms with Crippen molar-refractivity contribution in [3.8, 4) is 0 Å². The van der Waals surface area contributed by atoms with E-state index in [0.29, 0.717) is 47.9 Å². The van der Waals surface area contributed by atoms with Crippen molar-refractivity contribution in [1.29, 1.82) is 0 Å². The fourth-order valence-electron chi connectivity index (χ4n) is 6.64. The number of carbonyl (C=O) groups is 1. The third-order valence-electron chi connectivity index (χ3n) is 8.21. The van der Waals surface area contributed by atoms with Gasteiger partial charge in [-0.25, -0.2) is 8.42 Å². The highest BCUT2D eigenvalue weighted by atomic mass is 32.2. The molecule has 0 atom stereocenters. The molecule has 1 aliphatic heterocycles. The Morgan fingerprint density at radius 2 is 1.51 bits per heavy atom. The van der Waals surface area contributed by atoms with Crippen molar-refractivity contribution in [2.45, 2.75) is 74.9 Å². The Labute approximate surface area is 222 Å². The maximum absolute atomic E-state index is 13.1. The van der Waals surface area contributed by atoms with E-state index in [1.807, 2.05) is 0 Å². The van der Waals surface area contributed by atoms with Crippen molar-refractivity contribution in [2.24, 2.45) is 23.2 Å². The summed E-state index contributed by atoms with van der Waals surface area (Å²) in [5.41, 5.74) is 0.947. The number of hydrogen-bond acceptors (Lipinski definition) is 6. The standard InChI is InChI=1S/C14H21OS.C13H18F2O5S/c1-14(2,3)12-4-6-13(7-5-12)16-10-8-15-9-11-16;14-13(15,21(17,18)19)7-20-11(16)12-4-8-1-9(5-12)3-10(2-8)6-12/h4-7H,8-11H2,1-3H3;8-10H,1-7H2,(H,17,18,19)/q+1;/p-1. The van der Waals surface area contributed by atoms with Crippen LogP contribution in [0.5, 0.6) is 0 Å². The van der Waals surface area contributed by atoms with Gasteiger partial charge in [0.1, 0.15) is 11.5 Å². The van der Waals surface area contributed by atoms with E-state index in [1.54, 1.807) is 0 Å². The Kier molecular flexibility index (Phi) is 8.35. The molecule has 1 heterocycles. The Morgan fingerprint density at radius 1 is 1.03 bits per heavy atom. The molecule has 4 aliphatic carbocycles. The molecule has 0 unspecified atom stereocenters. The molecule has 208 valence electrons. The largest absolute Gasteiger partial charge is 0.743 e. The molecule has 0 amide bonds. The minimum atomic E-state index is -5.81. The van der Waals surface area contributed by atoms with Crippen LogP contribution in [0.15, 0.2) is 29.2 Å². The summed E-state index contributed by atoms with van der Waals surface area (Å²) < 4.78 is 67.4. The minimum absolute atomic E-state index is 0.261. The first-order valence-corrected chi connectivity index (χ1v) is 16.0. The molecular formula is C27H38F2O6S2. The lowest BCUT2D eigenvalue weighted by molar-refractivity contribution is -0.176. The van der Waals surface area contributed by atoms with E-state index < -0.39 is 33.4 Å². The molecule has 6 nitrogen and oxygen atoms in total. The van der Waals surface area contributed by atoms with Crippen LogP contribution in [0, 0.1) is 23.2 Å². The molecule has 0 spiro atoms. The average Bonchev–Trinajstić information content (AvgIpc) is 2.81. The topological polar surface area (TPSA) is 92.7 Å². The van der Waals surface area contributed by atoms with E-state index in [4.69, 9.17) is 4.74 Å². The molecule has 4 bridgehead atoms. The van der Waals surface area contributed by atoms with Crippen LogP contribution in [0.2, 0.25) is 0 Å². The number of hydrogen-bond donors (Lipinski definition) is 0. The zero-order chi connectivity index (χ0) is 27.1. The van der Waals surface area contributed by atoms with E-state index in [2.05, 4.69) is 49.8 Å². The summed E-state index contributed by atoms with van der Waals surface area (Å²) in [7, 11) is -5.38. The smallest absolute Gasteiger partial charge is 0.367 e. The van der Waals surface area contributed by atoms with Gasteiger partial charge in [0.2, 0.25) is 0 Å². The third kappa shape index (κ3) is 6.68. The molecule has 5 fully saturated rings. The average molecular weight is 561 g/mol. The summed E-state index contributed by atoms with van der Waals surface area (Å²) in [6.07, 6.45) is 5.14. The summed E-state index contributed by atoms with van der Waals surface area (Å²) in [5, 5.41) is -4.56. The molecule has 0 aromatic heterocycles. The van der Waals surface area contributed by atoms with Crippen molar-refractivity contribution < 1.29 is 36.0 Å². The third-order valence-corrected chi connectivity index (χ3v) is 11.3. The lowest BCUT2D eigenvalue weighted by Crippen LogP contribution is -2.51. The van der Waals surface area contributed by atoms with Gasteiger partial charge in [0.15, 0.2) is 21.6 Å². The summed E-state index contributed by atoms with van der Waals surface area (Å²) in [5.74, 6) is 2.96. The van der Waals surface area contributed by atoms with Crippen molar-refractivity contribution >= 4 is 27.0 Å². The summed E-state index contributed by atoms with van der Waals surface area (Å²) >= 11 is 0. The number of benzene rings is 1. The number of carbonyl (C=O) groups excluding carboxylic acids is 1. The molecule has 4 saturated carbocycles. The molecule has 5 aliphatic rings. The van der Waals surface area contributed by atoms with Gasteiger partial charge in [-0.1, -0.05) is 32.9 Å². The van der Waals surface area contributed by atoms with Gasteiger partial charge in [0.25, 0.3) is 0 Å². The fraction of sp³-hybridized carbons (Fsp3) is 0.741. The van der Waals surface area contributed by atoms with Gasteiger partial charge in [-0.2, -0.15) is 8.78 Å². The summed E-state index contributed by atoms with van der Waals surface area (Å²) in [6, 6.07) is 9.21. The zero-order valence-electron chi connectivity index (χ0n) is 21.8. The van der Waals surface area contributed by atoms with Crippen LogP contribution in [0.1, 0.15) is 64.9 Å². The van der Waals surface area contributed by atoms with Crippen LogP contribution < -0.4 is 0 Å². The van der Waals surface area contributed by atoms with Crippen LogP contribution in [0.3, 0.4) is 0 Å². The molecule has 10 heteroatoms. The van der Waals surface area contributed by atoms with E-state index in [0.717, 1.165) is 32.5 Å². The van der Waals surface area contributed by atoms with Gasteiger partial charge >= 0.3 is 11.2 Å². The molecular weight excluding hydrogens is 522 g/mol. The molecule has 37 heavy (non-hydrogen) atoms. The van der Waals surface area contributed by atoms with E-state index in [9.17, 15) is 26.5 Å². The second kappa shape index (κ2) is 10.7. The number of rotatable bonds is 5. The molecule has 1 saturated heterocycles. The zero-order valence-corrected chi connectivity index (χ0v) is 23.5. The van der Waals surface area contributed by atoms with E-state index in [1.165, 1.54) is 22.0 Å². The second-order valence-electron chi connectivity index (χ2n) is 12.2. The first-order valence-electron chi connectivity index (χ1n) is 13.0. The highest BCUT2D eigenvalue weighted by molar-refractivity contribution is 7.97. The fourth-order valence-corrected chi connectivity index (χ4v) is 8.68. The Bertz CT molecular complexity index is 1020. The van der Waals surface area contributed by atoms with Gasteiger partial charge in [-0.05, 0) is 79.4 Å². The first-order chi connectivity index (χ1) is 17.2. The van der Waals surface area contributed by atoms with E-state index >= 15 is 0 Å². The molecule has 6 rings (SSSR count). The van der Waals surface area contributed by atoms with Crippen molar-refractivity contribution in [3.63, 3.8) is 0 Å². The van der Waals surface area contributed by atoms with Crippen LogP contribution in [0.4, 0.5) is 8.78 Å². The van der Waals surface area contributed by atoms with Gasteiger partial charge in [-0.3, -0.25) is 4.79 Å². The van der Waals surface area contributed by atoms with Crippen LogP contribution >= 0.6 is 0 Å². The molecule has 0 radical (unpaired) electrons. The predicted molar refractivity (Wildman–Crippen MR) is 138 cm³/mol. The molecule has 1 aromatic carbocycles. The SMILES string of the molecule is CC(C)(C)c1ccc([S+]2CCOCC2)cc1.O=C(OCC(F)(F)S(=O)(=O)[O-])C12CC3CC(CC(C3)C1)C2. The minimum Gasteiger partial charge on any atom is -0.743 e. The van der Waals surface area contributed by atoms with Crippen LogP contribution in [-0.2, 0) is 40.7 Å². The van der Waals surface area contributed by atoms with Gasteiger partial charge in [0, 0.05) is 10.9 Å². The van der Waals surface area contributed by atoms with Gasteiger partial charge in [-0.15, -0.1) is 0 Å². The monoisotopic (exact) mass is 560 g/mol. The lowest BCUT2D eigenvalue weighted by atomic mass is 9.49. The van der Waals surface area contributed by atoms with Gasteiger partial charge in [0.05, 0.1) is 18.6 Å². The van der Waals surface area contributed by atoms with Crippen molar-refractivity contribution in [2.75, 3.05) is 31.3 Å². The summed E-state index contributed by atoms with van der Waals surface area (Å²) in [6.45, 7) is 6.98. The van der Waals surface area contributed by atoms with E-state index in [-0.39, 0.29) is 5.41 Å². The molecule has 0 N–H and O–H groups in total. The Morgan fingerprint density at radius 3 is 1.95 bits per heavy atom. The lowest BCUT2D eigenvalue weighted by Gasteiger charge is -2.55. The van der Waals surface area contributed by atoms with Crippen LogP contribution in [0.25, 0.3) is 0 Å². The molecule has 1 aromatic rings. The highest BCUT2D eigenvalue weighted by Gasteiger charge is 2.56. The maximum Gasteiger partial charge on any atom is 0.367 e. The Balaban J connectivity index is 0.000000180. The number of alkyl halides is 2. The second-order valence-corrected chi connectivity index (χ2v) is 15.9. The van der Waals surface area contributed by atoms with Crippen molar-refractivity contribution in [1.82, 2.24) is 0 Å². The normalized spacial score (nSPS) is 29.9. The van der Waals surface area contributed by atoms with Crippen LogP contribution in [-0.4, -0.2) is 55.5 Å². The Hall–Kier alpha value is -1.23. The highest BCUT2D eigenvalue weighted by Crippen LogP contribution is 2.60. The predicted octanol–water partition coefficient (Wildman–Crippen LogP) is 4.88. The number of esters is 1. The first kappa shape index (κ1) is 28.8. The number of ether oxygens (including phenoxy) is 2. The quantitative estimate of drug-likeness (QED) is 0.290. The van der Waals surface area contributed by atoms with Gasteiger partial charge < -0.3 is 14.0 Å². The maximum atomic E-state index is 13.1. The van der Waals surface area contributed by atoms with Crippen molar-refractivity contribution in [3.05, 3.63) is 29.8 Å².